The molecule has 40 heavy (non-hydrogen) atoms. The van der Waals surface area contributed by atoms with E-state index in [-0.39, 0.29) is 11.2 Å². The monoisotopic (exact) mass is 582 g/mol. The highest BCUT2D eigenvalue weighted by atomic mass is 31.2. The zero-order valence-electron chi connectivity index (χ0n) is 20.7. The number of fused-ring (bicyclic) bond motifs is 1. The molecule has 15 heteroatoms. The Bertz CT molecular complexity index is 1640. The number of pyridine rings is 2. The number of nitrogens with zero attached hydrogens (tertiary/aromatic N) is 4. The second-order valence-electron chi connectivity index (χ2n) is 9.05. The maximum Gasteiger partial charge on any atom is 0.471 e. The van der Waals surface area contributed by atoms with Crippen LogP contribution in [-0.2, 0) is 20.6 Å². The van der Waals surface area contributed by atoms with Gasteiger partial charge in [-0.2, -0.15) is 13.2 Å². The first kappa shape index (κ1) is 28.0. The van der Waals surface area contributed by atoms with Crippen molar-refractivity contribution >= 4 is 24.5 Å². The van der Waals surface area contributed by atoms with E-state index < -0.39 is 43.7 Å². The molecule has 0 aliphatic carbocycles. The van der Waals surface area contributed by atoms with Gasteiger partial charge in [0.15, 0.2) is 6.04 Å². The van der Waals surface area contributed by atoms with Crippen molar-refractivity contribution in [2.24, 2.45) is 0 Å². The highest BCUT2D eigenvalue weighted by Gasteiger charge is 2.44. The van der Waals surface area contributed by atoms with E-state index in [0.29, 0.717) is 41.8 Å². The van der Waals surface area contributed by atoms with Crippen molar-refractivity contribution < 1.29 is 41.2 Å². The molecule has 3 aromatic heterocycles. The summed E-state index contributed by atoms with van der Waals surface area (Å²) in [7, 11) is -4.84. The second-order valence-corrected chi connectivity index (χ2v) is 10.3. The summed E-state index contributed by atoms with van der Waals surface area (Å²) >= 11 is 0. The molecule has 0 spiro atoms. The fraction of sp³-hybridized carbons (Fsp3) is 0.280. The first-order chi connectivity index (χ1) is 18.9. The van der Waals surface area contributed by atoms with E-state index in [1.54, 1.807) is 12.3 Å². The molecule has 5 rings (SSSR count). The van der Waals surface area contributed by atoms with E-state index in [4.69, 9.17) is 14.5 Å². The number of aromatic nitrogens is 3. The van der Waals surface area contributed by atoms with Crippen LogP contribution >= 0.6 is 7.82 Å². The Balaban J connectivity index is 1.61. The van der Waals surface area contributed by atoms with Gasteiger partial charge in [0.1, 0.15) is 18.2 Å². The predicted molar refractivity (Wildman–Crippen MR) is 136 cm³/mol. The highest BCUT2D eigenvalue weighted by Crippen LogP contribution is 2.39. The molecule has 1 aliphatic heterocycles. The lowest BCUT2D eigenvalue weighted by Gasteiger charge is -2.28. The molecule has 0 saturated carbocycles. The first-order valence-corrected chi connectivity index (χ1v) is 13.5. The van der Waals surface area contributed by atoms with Gasteiger partial charge in [-0.05, 0) is 23.8 Å². The Morgan fingerprint density at radius 2 is 1.85 bits per heavy atom. The van der Waals surface area contributed by atoms with Crippen LogP contribution in [0.25, 0.3) is 22.2 Å². The summed E-state index contributed by atoms with van der Waals surface area (Å²) in [6.07, 6.45) is -1.02. The lowest BCUT2D eigenvalue weighted by Crippen LogP contribution is -2.36. The van der Waals surface area contributed by atoms with E-state index in [0.717, 1.165) is 30.1 Å². The summed E-state index contributed by atoms with van der Waals surface area (Å²) in [6.45, 7) is 1.61. The van der Waals surface area contributed by atoms with Crippen LogP contribution in [0.3, 0.4) is 0 Å². The molecule has 1 saturated heterocycles. The van der Waals surface area contributed by atoms with Gasteiger partial charge in [0.05, 0.1) is 25.1 Å². The van der Waals surface area contributed by atoms with Crippen molar-refractivity contribution in [2.75, 3.05) is 31.2 Å². The van der Waals surface area contributed by atoms with Crippen molar-refractivity contribution in [3.8, 4) is 11.1 Å². The number of anilines is 1. The number of morpholine rings is 1. The number of ether oxygens (including phenoxy) is 1. The minimum atomic E-state index is -4.97. The molecule has 10 nitrogen and oxygen atoms in total. The fourth-order valence-electron chi connectivity index (χ4n) is 4.67. The van der Waals surface area contributed by atoms with Crippen LogP contribution in [0.1, 0.15) is 11.6 Å². The van der Waals surface area contributed by atoms with E-state index in [2.05, 4.69) is 9.51 Å². The molecular weight excluding hydrogens is 559 g/mol. The molecular formula is C25H23F4N4O6P. The number of phosphoric acid groups is 1. The Kier molecular flexibility index (Phi) is 7.55. The number of rotatable bonds is 7. The molecule has 4 aromatic rings. The van der Waals surface area contributed by atoms with Gasteiger partial charge in [-0.25, -0.2) is 13.9 Å². The maximum absolute atomic E-state index is 14.4. The maximum atomic E-state index is 14.4. The lowest BCUT2D eigenvalue weighted by atomic mass is 10.0. The van der Waals surface area contributed by atoms with Crippen molar-refractivity contribution in [2.45, 2.75) is 18.9 Å². The van der Waals surface area contributed by atoms with E-state index in [1.165, 1.54) is 29.0 Å². The largest absolute Gasteiger partial charge is 0.471 e. The molecule has 4 heterocycles. The molecule has 212 valence electrons. The number of hydrogen-bond donors (Lipinski definition) is 2. The molecule has 1 unspecified atom stereocenters. The number of alkyl halides is 3. The molecule has 2 N–H and O–H groups in total. The second kappa shape index (κ2) is 10.8. The normalized spacial score (nSPS) is 15.5. The van der Waals surface area contributed by atoms with Gasteiger partial charge in [0.25, 0.3) is 5.56 Å². The van der Waals surface area contributed by atoms with Crippen molar-refractivity contribution in [3.63, 3.8) is 0 Å². The zero-order valence-corrected chi connectivity index (χ0v) is 21.6. The Morgan fingerprint density at radius 3 is 2.50 bits per heavy atom. The van der Waals surface area contributed by atoms with Gasteiger partial charge in [0, 0.05) is 48.1 Å². The molecule has 1 aliphatic rings. The molecule has 1 aromatic carbocycles. The van der Waals surface area contributed by atoms with Gasteiger partial charge in [0.2, 0.25) is 0 Å². The summed E-state index contributed by atoms with van der Waals surface area (Å²) in [6, 6.07) is 5.86. The van der Waals surface area contributed by atoms with Crippen LogP contribution in [0.2, 0.25) is 0 Å². The number of hydrogen-bond acceptors (Lipinski definition) is 6. The van der Waals surface area contributed by atoms with E-state index >= 15 is 0 Å². The summed E-state index contributed by atoms with van der Waals surface area (Å²) in [5, 5.41) is 0.469. The summed E-state index contributed by atoms with van der Waals surface area (Å²) < 4.78 is 79.6. The summed E-state index contributed by atoms with van der Waals surface area (Å²) in [4.78, 5) is 37.8. The van der Waals surface area contributed by atoms with E-state index in [9.17, 15) is 26.9 Å². The minimum absolute atomic E-state index is 0.219. The van der Waals surface area contributed by atoms with Gasteiger partial charge in [-0.3, -0.25) is 13.9 Å². The lowest BCUT2D eigenvalue weighted by molar-refractivity contribution is -0.158. The van der Waals surface area contributed by atoms with Crippen molar-refractivity contribution in [3.05, 3.63) is 82.8 Å². The third-order valence-electron chi connectivity index (χ3n) is 6.49. The molecule has 0 bridgehead atoms. The van der Waals surface area contributed by atoms with Crippen LogP contribution in [0.15, 0.2) is 65.8 Å². The number of benzene rings is 1. The van der Waals surface area contributed by atoms with Gasteiger partial charge >= 0.3 is 14.0 Å². The van der Waals surface area contributed by atoms with E-state index in [1.807, 2.05) is 4.90 Å². The molecule has 1 fully saturated rings. The van der Waals surface area contributed by atoms with Crippen LogP contribution in [0.4, 0.5) is 23.2 Å². The third kappa shape index (κ3) is 5.81. The average Bonchev–Trinajstić information content (AvgIpc) is 3.27. The Morgan fingerprint density at radius 1 is 1.12 bits per heavy atom. The minimum Gasteiger partial charge on any atom is -0.378 e. The van der Waals surface area contributed by atoms with Crippen LogP contribution in [-0.4, -0.2) is 56.4 Å². The third-order valence-corrected chi connectivity index (χ3v) is 6.94. The fourth-order valence-corrected chi connectivity index (χ4v) is 4.95. The smallest absolute Gasteiger partial charge is 0.378 e. The Labute approximate surface area is 224 Å². The average molecular weight is 582 g/mol. The number of halogens is 4. The van der Waals surface area contributed by atoms with Crippen LogP contribution < -0.4 is 10.5 Å². The zero-order chi connectivity index (χ0) is 28.7. The highest BCUT2D eigenvalue weighted by molar-refractivity contribution is 7.46. The van der Waals surface area contributed by atoms with Crippen molar-refractivity contribution in [1.82, 2.24) is 14.1 Å². The molecule has 0 radical (unpaired) electrons. The van der Waals surface area contributed by atoms with Gasteiger partial charge < -0.3 is 24.0 Å². The topological polar surface area (TPSA) is 119 Å². The van der Waals surface area contributed by atoms with Crippen LogP contribution in [0.5, 0.6) is 0 Å². The van der Waals surface area contributed by atoms with Gasteiger partial charge in [-0.15, -0.1) is 0 Å². The quantitative estimate of drug-likeness (QED) is 0.248. The van der Waals surface area contributed by atoms with Crippen LogP contribution in [0, 0.1) is 5.82 Å². The predicted octanol–water partition coefficient (Wildman–Crippen LogP) is 4.06. The van der Waals surface area contributed by atoms with Gasteiger partial charge in [-0.1, -0.05) is 18.2 Å². The molecule has 1 atom stereocenters. The molecule has 0 amide bonds. The first-order valence-electron chi connectivity index (χ1n) is 12.0. The number of phosphoric ester groups is 1. The SMILES string of the molecule is O=c1cc(-c2cn(COP(=O)(O)O)c3ncc(N4CCOCC4)cc23)ccn1C(c1ccccc1F)C(F)(F)F. The standard InChI is InChI=1S/C25H23F4N4O6P/c26-21-4-2-1-3-18(21)23(25(27,28)29)33-6-5-16(11-22(33)34)20-14-32(15-39-40(35,36)37)24-19(20)12-17(13-30-24)31-7-9-38-10-8-31/h1-6,11-14,23H,7-10,15H2,(H2,35,36,37). The van der Waals surface area contributed by atoms with Crippen molar-refractivity contribution in [1.29, 1.82) is 0 Å². The summed E-state index contributed by atoms with van der Waals surface area (Å²) in [5.41, 5.74) is -0.162. The Hall–Kier alpha value is -3.55. The summed E-state index contributed by atoms with van der Waals surface area (Å²) in [5.74, 6) is -1.10.